The highest BCUT2D eigenvalue weighted by Gasteiger charge is 2.27. The summed E-state index contributed by atoms with van der Waals surface area (Å²) in [6.07, 6.45) is 5.03. The molecule has 0 radical (unpaired) electrons. The number of pyridine rings is 1. The number of carbonyl (C=O) groups is 1. The van der Waals surface area contributed by atoms with Crippen LogP contribution in [0.25, 0.3) is 11.3 Å². The number of aromatic nitrogens is 4. The molecule has 1 unspecified atom stereocenters. The molecule has 28 heavy (non-hydrogen) atoms. The molecule has 3 aromatic rings. The molecule has 7 nitrogen and oxygen atoms in total. The summed E-state index contributed by atoms with van der Waals surface area (Å²) in [6.45, 7) is 7.21. The molecule has 1 amide bonds. The maximum absolute atomic E-state index is 12.7. The minimum atomic E-state index is 0.0501. The van der Waals surface area contributed by atoms with Gasteiger partial charge in [0.05, 0.1) is 22.5 Å². The second-order valence-electron chi connectivity index (χ2n) is 7.39. The van der Waals surface area contributed by atoms with E-state index in [1.807, 2.05) is 43.9 Å². The number of nitrogens with zero attached hydrogens (tertiary/aromatic N) is 5. The Morgan fingerprint density at radius 2 is 2.07 bits per heavy atom. The molecule has 0 spiro atoms. The van der Waals surface area contributed by atoms with Gasteiger partial charge in [-0.2, -0.15) is 0 Å². The molecule has 0 saturated carbocycles. The highest BCUT2D eigenvalue weighted by atomic mass is 16.5. The highest BCUT2D eigenvalue weighted by molar-refractivity contribution is 5.94. The van der Waals surface area contributed by atoms with Gasteiger partial charge in [-0.15, -0.1) is 0 Å². The molecule has 1 aliphatic rings. The lowest BCUT2D eigenvalue weighted by Gasteiger charge is -2.16. The summed E-state index contributed by atoms with van der Waals surface area (Å²) >= 11 is 0. The van der Waals surface area contributed by atoms with Gasteiger partial charge in [-0.1, -0.05) is 5.16 Å². The molecular formula is C21H23N5O2. The molecule has 1 aliphatic heterocycles. The van der Waals surface area contributed by atoms with Crippen LogP contribution in [-0.2, 0) is 6.42 Å². The molecular weight excluding hydrogens is 354 g/mol. The Morgan fingerprint density at radius 3 is 2.79 bits per heavy atom. The summed E-state index contributed by atoms with van der Waals surface area (Å²) in [5, 5.41) is 4.00. The fraction of sp³-hybridized carbons (Fsp3) is 0.381. The molecule has 4 rings (SSSR count). The summed E-state index contributed by atoms with van der Waals surface area (Å²) in [4.78, 5) is 27.6. The van der Waals surface area contributed by atoms with Crippen LogP contribution in [0.5, 0.6) is 0 Å². The van der Waals surface area contributed by atoms with E-state index in [0.717, 1.165) is 60.0 Å². The predicted molar refractivity (Wildman–Crippen MR) is 104 cm³/mol. The summed E-state index contributed by atoms with van der Waals surface area (Å²) in [7, 11) is 0. The van der Waals surface area contributed by atoms with Crippen molar-refractivity contribution in [3.8, 4) is 11.3 Å². The van der Waals surface area contributed by atoms with Gasteiger partial charge in [0, 0.05) is 30.7 Å². The van der Waals surface area contributed by atoms with Crippen molar-refractivity contribution in [1.82, 2.24) is 25.0 Å². The van der Waals surface area contributed by atoms with Gasteiger partial charge < -0.3 is 9.42 Å². The van der Waals surface area contributed by atoms with E-state index in [2.05, 4.69) is 20.1 Å². The summed E-state index contributed by atoms with van der Waals surface area (Å²) < 4.78 is 5.25. The average Bonchev–Trinajstić information content (AvgIpc) is 3.28. The van der Waals surface area contributed by atoms with Crippen molar-refractivity contribution < 1.29 is 9.32 Å². The van der Waals surface area contributed by atoms with E-state index in [4.69, 9.17) is 4.52 Å². The van der Waals surface area contributed by atoms with Crippen molar-refractivity contribution in [2.24, 2.45) is 5.92 Å². The zero-order valence-corrected chi connectivity index (χ0v) is 16.3. The topological polar surface area (TPSA) is 85.0 Å². The van der Waals surface area contributed by atoms with Crippen molar-refractivity contribution in [1.29, 1.82) is 0 Å². The standard InChI is InChI=1S/C21H23N5O2/c1-13-4-5-17(10-22-13)21(27)26-7-6-16(11-26)8-18-9-19(24-12-23-18)20-14(2)25-28-15(20)3/h4-5,9-10,12,16H,6-8,11H2,1-3H3. The first-order valence-electron chi connectivity index (χ1n) is 9.47. The summed E-state index contributed by atoms with van der Waals surface area (Å²) in [5.74, 6) is 1.19. The Labute approximate surface area is 163 Å². The molecule has 1 atom stereocenters. The third-order valence-corrected chi connectivity index (χ3v) is 5.24. The van der Waals surface area contributed by atoms with Crippen molar-refractivity contribution in [3.05, 3.63) is 59.1 Å². The van der Waals surface area contributed by atoms with E-state index in [0.29, 0.717) is 11.5 Å². The molecule has 144 valence electrons. The van der Waals surface area contributed by atoms with E-state index in [1.165, 1.54) is 0 Å². The normalized spacial score (nSPS) is 16.5. The Kier molecular flexibility index (Phi) is 4.90. The Hall–Kier alpha value is -3.09. The predicted octanol–water partition coefficient (Wildman–Crippen LogP) is 3.16. The van der Waals surface area contributed by atoms with Crippen LogP contribution >= 0.6 is 0 Å². The number of amides is 1. The van der Waals surface area contributed by atoms with Gasteiger partial charge in [0.25, 0.3) is 5.91 Å². The SMILES string of the molecule is Cc1ccc(C(=O)N2CCC(Cc3cc(-c4c(C)noc4C)ncn3)C2)cn1. The van der Waals surface area contributed by atoms with Gasteiger partial charge >= 0.3 is 0 Å². The fourth-order valence-corrected chi connectivity index (χ4v) is 3.75. The number of aryl methyl sites for hydroxylation is 3. The molecule has 1 fully saturated rings. The average molecular weight is 377 g/mol. The van der Waals surface area contributed by atoms with Crippen molar-refractivity contribution in [3.63, 3.8) is 0 Å². The van der Waals surface area contributed by atoms with Gasteiger partial charge in [-0.25, -0.2) is 9.97 Å². The molecule has 0 aromatic carbocycles. The van der Waals surface area contributed by atoms with Gasteiger partial charge in [0.1, 0.15) is 12.1 Å². The van der Waals surface area contributed by atoms with E-state index in [1.54, 1.807) is 12.5 Å². The quantitative estimate of drug-likeness (QED) is 0.694. The summed E-state index contributed by atoms with van der Waals surface area (Å²) in [6, 6.07) is 5.72. The minimum absolute atomic E-state index is 0.0501. The zero-order valence-electron chi connectivity index (χ0n) is 16.3. The van der Waals surface area contributed by atoms with Gasteiger partial charge in [0.15, 0.2) is 0 Å². The smallest absolute Gasteiger partial charge is 0.255 e. The van der Waals surface area contributed by atoms with E-state index < -0.39 is 0 Å². The van der Waals surface area contributed by atoms with Crippen LogP contribution in [0.3, 0.4) is 0 Å². The number of hydrogen-bond acceptors (Lipinski definition) is 6. The lowest BCUT2D eigenvalue weighted by atomic mass is 10.0. The number of hydrogen-bond donors (Lipinski definition) is 0. The van der Waals surface area contributed by atoms with Gasteiger partial charge in [-0.05, 0) is 57.7 Å². The fourth-order valence-electron chi connectivity index (χ4n) is 3.75. The molecule has 0 aliphatic carbocycles. The Morgan fingerprint density at radius 1 is 1.21 bits per heavy atom. The van der Waals surface area contributed by atoms with Crippen LogP contribution in [0.2, 0.25) is 0 Å². The highest BCUT2D eigenvalue weighted by Crippen LogP contribution is 2.27. The second kappa shape index (κ2) is 7.50. The largest absolute Gasteiger partial charge is 0.361 e. The van der Waals surface area contributed by atoms with Gasteiger partial charge in [0.2, 0.25) is 0 Å². The molecule has 0 N–H and O–H groups in total. The van der Waals surface area contributed by atoms with Crippen molar-refractivity contribution in [2.45, 2.75) is 33.6 Å². The van der Waals surface area contributed by atoms with Crippen molar-refractivity contribution >= 4 is 5.91 Å². The Bertz CT molecular complexity index is 977. The first kappa shape index (κ1) is 18.3. The maximum atomic E-state index is 12.7. The third kappa shape index (κ3) is 3.65. The van der Waals surface area contributed by atoms with Crippen LogP contribution in [0.15, 0.2) is 35.2 Å². The molecule has 7 heteroatoms. The van der Waals surface area contributed by atoms with Gasteiger partial charge in [-0.3, -0.25) is 9.78 Å². The monoisotopic (exact) mass is 377 g/mol. The number of rotatable bonds is 4. The first-order chi connectivity index (χ1) is 13.5. The van der Waals surface area contributed by atoms with E-state index >= 15 is 0 Å². The molecule has 0 bridgehead atoms. The minimum Gasteiger partial charge on any atom is -0.361 e. The molecule has 3 aromatic heterocycles. The lowest BCUT2D eigenvalue weighted by molar-refractivity contribution is 0.0786. The van der Waals surface area contributed by atoms with Crippen molar-refractivity contribution in [2.75, 3.05) is 13.1 Å². The van der Waals surface area contributed by atoms with Crippen LogP contribution in [-0.4, -0.2) is 44.0 Å². The van der Waals surface area contributed by atoms with Crippen LogP contribution in [0, 0.1) is 26.7 Å². The number of likely N-dealkylation sites (tertiary alicyclic amines) is 1. The van der Waals surface area contributed by atoms with Crippen LogP contribution in [0.4, 0.5) is 0 Å². The summed E-state index contributed by atoms with van der Waals surface area (Å²) in [5.41, 5.74) is 5.12. The Balaban J connectivity index is 1.44. The lowest BCUT2D eigenvalue weighted by Crippen LogP contribution is -2.29. The first-order valence-corrected chi connectivity index (χ1v) is 9.47. The molecule has 4 heterocycles. The number of carbonyl (C=O) groups excluding carboxylic acids is 1. The van der Waals surface area contributed by atoms with E-state index in [9.17, 15) is 4.79 Å². The van der Waals surface area contributed by atoms with Crippen LogP contribution in [0.1, 0.15) is 39.6 Å². The second-order valence-corrected chi connectivity index (χ2v) is 7.39. The maximum Gasteiger partial charge on any atom is 0.255 e. The zero-order chi connectivity index (χ0) is 19.7. The molecule has 1 saturated heterocycles. The van der Waals surface area contributed by atoms with Crippen LogP contribution < -0.4 is 0 Å². The van der Waals surface area contributed by atoms with E-state index in [-0.39, 0.29) is 5.91 Å². The third-order valence-electron chi connectivity index (χ3n) is 5.24.